The smallest absolute Gasteiger partial charge is 0.133 e. The molecule has 1 aromatic heterocycles. The Hall–Kier alpha value is -0.810. The second-order valence-electron chi connectivity index (χ2n) is 3.67. The van der Waals surface area contributed by atoms with Crippen LogP contribution in [0.2, 0.25) is 0 Å². The highest BCUT2D eigenvalue weighted by molar-refractivity contribution is 7.99. The molecule has 5 heteroatoms. The standard InChI is InChI=1S/C11H19N3OS/c1-5-9-10(12-4)13-6-14-11(9)16-8(3)7(2)15/h6-8,15H,5H2,1-4H3,(H,12,13,14). The lowest BCUT2D eigenvalue weighted by Gasteiger charge is -2.16. The average molecular weight is 241 g/mol. The minimum atomic E-state index is -0.345. The van der Waals surface area contributed by atoms with Gasteiger partial charge in [-0.1, -0.05) is 13.8 Å². The molecule has 0 aromatic carbocycles. The predicted octanol–water partition coefficient (Wildman–Crippen LogP) is 1.94. The molecule has 16 heavy (non-hydrogen) atoms. The van der Waals surface area contributed by atoms with E-state index in [0.717, 1.165) is 22.8 Å². The van der Waals surface area contributed by atoms with Gasteiger partial charge in [0.25, 0.3) is 0 Å². The largest absolute Gasteiger partial charge is 0.392 e. The van der Waals surface area contributed by atoms with Gasteiger partial charge in [0.15, 0.2) is 0 Å². The number of aromatic nitrogens is 2. The molecule has 0 radical (unpaired) electrons. The Morgan fingerprint density at radius 3 is 2.62 bits per heavy atom. The van der Waals surface area contributed by atoms with E-state index in [0.29, 0.717) is 0 Å². The summed E-state index contributed by atoms with van der Waals surface area (Å²) < 4.78 is 0. The Balaban J connectivity index is 2.95. The molecule has 1 rings (SSSR count). The van der Waals surface area contributed by atoms with E-state index in [2.05, 4.69) is 22.2 Å². The van der Waals surface area contributed by atoms with E-state index < -0.39 is 0 Å². The highest BCUT2D eigenvalue weighted by Crippen LogP contribution is 2.29. The maximum atomic E-state index is 9.49. The van der Waals surface area contributed by atoms with Gasteiger partial charge in [-0.05, 0) is 13.3 Å². The quantitative estimate of drug-likeness (QED) is 0.609. The molecule has 2 unspecified atom stereocenters. The van der Waals surface area contributed by atoms with Gasteiger partial charge in [-0.3, -0.25) is 0 Å². The van der Waals surface area contributed by atoms with Crippen LogP contribution in [0, 0.1) is 0 Å². The molecule has 0 spiro atoms. The molecule has 0 bridgehead atoms. The second-order valence-corrected chi connectivity index (χ2v) is 5.04. The number of nitrogens with one attached hydrogen (secondary N) is 1. The van der Waals surface area contributed by atoms with Gasteiger partial charge >= 0.3 is 0 Å². The van der Waals surface area contributed by atoms with Gasteiger partial charge < -0.3 is 10.4 Å². The molecule has 0 aliphatic carbocycles. The van der Waals surface area contributed by atoms with Gasteiger partial charge in [0.1, 0.15) is 17.2 Å². The third-order valence-corrected chi connectivity index (χ3v) is 3.81. The molecule has 0 saturated carbocycles. The van der Waals surface area contributed by atoms with Crippen LogP contribution < -0.4 is 5.32 Å². The second kappa shape index (κ2) is 6.06. The van der Waals surface area contributed by atoms with Crippen LogP contribution in [0.4, 0.5) is 5.82 Å². The van der Waals surface area contributed by atoms with Crippen LogP contribution in [0.1, 0.15) is 26.3 Å². The van der Waals surface area contributed by atoms with Crippen molar-refractivity contribution in [1.29, 1.82) is 0 Å². The van der Waals surface area contributed by atoms with E-state index in [-0.39, 0.29) is 11.4 Å². The zero-order chi connectivity index (χ0) is 12.1. The molecule has 90 valence electrons. The van der Waals surface area contributed by atoms with Crippen molar-refractivity contribution in [2.45, 2.75) is 43.6 Å². The molecule has 1 heterocycles. The van der Waals surface area contributed by atoms with Crippen molar-refractivity contribution >= 4 is 17.6 Å². The number of hydrogen-bond donors (Lipinski definition) is 2. The fourth-order valence-electron chi connectivity index (χ4n) is 1.31. The molecule has 0 aliphatic rings. The first-order valence-electron chi connectivity index (χ1n) is 5.46. The van der Waals surface area contributed by atoms with E-state index in [4.69, 9.17) is 0 Å². The van der Waals surface area contributed by atoms with Crippen molar-refractivity contribution in [2.24, 2.45) is 0 Å². The van der Waals surface area contributed by atoms with Crippen molar-refractivity contribution < 1.29 is 5.11 Å². The number of anilines is 1. The summed E-state index contributed by atoms with van der Waals surface area (Å²) in [7, 11) is 1.86. The lowest BCUT2D eigenvalue weighted by Crippen LogP contribution is -2.16. The topological polar surface area (TPSA) is 58.0 Å². The Bertz CT molecular complexity index is 344. The van der Waals surface area contributed by atoms with Crippen LogP contribution >= 0.6 is 11.8 Å². The van der Waals surface area contributed by atoms with Crippen LogP contribution in [-0.2, 0) is 6.42 Å². The van der Waals surface area contributed by atoms with Gasteiger partial charge in [-0.15, -0.1) is 11.8 Å². The molecule has 2 atom stereocenters. The summed E-state index contributed by atoms with van der Waals surface area (Å²) in [5.74, 6) is 0.873. The highest BCUT2D eigenvalue weighted by Gasteiger charge is 2.15. The number of aliphatic hydroxyl groups excluding tert-OH is 1. The van der Waals surface area contributed by atoms with Crippen LogP contribution in [0.25, 0.3) is 0 Å². The highest BCUT2D eigenvalue weighted by atomic mass is 32.2. The van der Waals surface area contributed by atoms with Crippen LogP contribution in [0.15, 0.2) is 11.4 Å². The first-order chi connectivity index (χ1) is 7.60. The molecular formula is C11H19N3OS. The summed E-state index contributed by atoms with van der Waals surface area (Å²) in [5, 5.41) is 13.6. The predicted molar refractivity (Wildman–Crippen MR) is 68.0 cm³/mol. The van der Waals surface area contributed by atoms with E-state index in [1.54, 1.807) is 25.0 Å². The van der Waals surface area contributed by atoms with Crippen molar-refractivity contribution in [1.82, 2.24) is 9.97 Å². The average Bonchev–Trinajstić information content (AvgIpc) is 2.28. The van der Waals surface area contributed by atoms with Crippen molar-refractivity contribution in [3.8, 4) is 0 Å². The first kappa shape index (κ1) is 13.3. The summed E-state index contributed by atoms with van der Waals surface area (Å²) in [6, 6.07) is 0. The van der Waals surface area contributed by atoms with Gasteiger partial charge in [-0.25, -0.2) is 9.97 Å². The van der Waals surface area contributed by atoms with E-state index in [1.807, 2.05) is 14.0 Å². The fourth-order valence-corrected chi connectivity index (χ4v) is 2.35. The summed E-state index contributed by atoms with van der Waals surface area (Å²) in [5.41, 5.74) is 1.11. The normalized spacial score (nSPS) is 14.6. The maximum absolute atomic E-state index is 9.49. The van der Waals surface area contributed by atoms with Crippen LogP contribution in [-0.4, -0.2) is 33.5 Å². The molecule has 4 nitrogen and oxygen atoms in total. The number of hydrogen-bond acceptors (Lipinski definition) is 5. The van der Waals surface area contributed by atoms with Crippen molar-refractivity contribution in [3.63, 3.8) is 0 Å². The Morgan fingerprint density at radius 2 is 2.12 bits per heavy atom. The summed E-state index contributed by atoms with van der Waals surface area (Å²) >= 11 is 1.59. The first-order valence-corrected chi connectivity index (χ1v) is 6.34. The SMILES string of the molecule is CCc1c(NC)ncnc1SC(C)C(C)O. The zero-order valence-corrected chi connectivity index (χ0v) is 11.0. The minimum absolute atomic E-state index is 0.130. The van der Waals surface area contributed by atoms with E-state index in [9.17, 15) is 5.11 Å². The lowest BCUT2D eigenvalue weighted by molar-refractivity contribution is 0.196. The summed E-state index contributed by atoms with van der Waals surface area (Å²) in [4.78, 5) is 8.46. The van der Waals surface area contributed by atoms with Gasteiger partial charge in [0.05, 0.1) is 6.10 Å². The van der Waals surface area contributed by atoms with Gasteiger partial charge in [0, 0.05) is 17.9 Å². The Kier molecular flexibility index (Phi) is 5.02. The number of nitrogens with zero attached hydrogens (tertiary/aromatic N) is 2. The molecule has 0 fully saturated rings. The molecule has 0 aliphatic heterocycles. The van der Waals surface area contributed by atoms with E-state index >= 15 is 0 Å². The molecular weight excluding hydrogens is 222 g/mol. The van der Waals surface area contributed by atoms with Crippen molar-refractivity contribution in [3.05, 3.63) is 11.9 Å². The monoisotopic (exact) mass is 241 g/mol. The van der Waals surface area contributed by atoms with E-state index in [1.165, 1.54) is 0 Å². The maximum Gasteiger partial charge on any atom is 0.133 e. The third kappa shape index (κ3) is 3.09. The minimum Gasteiger partial charge on any atom is -0.392 e. The zero-order valence-electron chi connectivity index (χ0n) is 10.2. The fraction of sp³-hybridized carbons (Fsp3) is 0.636. The Morgan fingerprint density at radius 1 is 1.44 bits per heavy atom. The van der Waals surface area contributed by atoms with Crippen LogP contribution in [0.5, 0.6) is 0 Å². The number of thioether (sulfide) groups is 1. The third-order valence-electron chi connectivity index (χ3n) is 2.47. The van der Waals surface area contributed by atoms with Crippen molar-refractivity contribution in [2.75, 3.05) is 12.4 Å². The molecule has 0 saturated heterocycles. The Labute approximate surface area is 101 Å². The number of aliphatic hydroxyl groups is 1. The molecule has 1 aromatic rings. The summed E-state index contributed by atoms with van der Waals surface area (Å²) in [6.45, 7) is 5.87. The van der Waals surface area contributed by atoms with Crippen LogP contribution in [0.3, 0.4) is 0 Å². The summed E-state index contributed by atoms with van der Waals surface area (Å²) in [6.07, 6.45) is 2.09. The molecule has 0 amide bonds. The molecule has 2 N–H and O–H groups in total. The number of rotatable bonds is 5. The van der Waals surface area contributed by atoms with Gasteiger partial charge in [-0.2, -0.15) is 0 Å². The van der Waals surface area contributed by atoms with Gasteiger partial charge in [0.2, 0.25) is 0 Å². The lowest BCUT2D eigenvalue weighted by atomic mass is 10.2.